The first-order valence-electron chi connectivity index (χ1n) is 14.6. The lowest BCUT2D eigenvalue weighted by atomic mass is 9.69. The maximum Gasteiger partial charge on any atom is 0.260 e. The number of nitrogens with one attached hydrogen (secondary N) is 1. The van der Waals surface area contributed by atoms with Crippen LogP contribution in [0.2, 0.25) is 0 Å². The molecule has 7 rings (SSSR count). The van der Waals surface area contributed by atoms with E-state index in [4.69, 9.17) is 1.37 Å². The fraction of sp³-hybridized carbons (Fsp3) is 0.467. The molecule has 10 nitrogen and oxygen atoms in total. The molecule has 3 aromatic rings. The van der Waals surface area contributed by atoms with Crippen LogP contribution in [0.3, 0.4) is 0 Å². The van der Waals surface area contributed by atoms with E-state index in [2.05, 4.69) is 28.5 Å². The Kier molecular flexibility index (Phi) is 5.50. The van der Waals surface area contributed by atoms with Gasteiger partial charge in [-0.1, -0.05) is 25.5 Å². The molecule has 0 radical (unpaired) electrons. The summed E-state index contributed by atoms with van der Waals surface area (Å²) in [5.74, 6) is -1.14. The molecule has 10 heteroatoms. The van der Waals surface area contributed by atoms with Crippen molar-refractivity contribution < 1.29 is 20.5 Å². The van der Waals surface area contributed by atoms with Crippen LogP contribution in [-0.4, -0.2) is 62.4 Å². The summed E-state index contributed by atoms with van der Waals surface area (Å²) in [5, 5.41) is 8.31. The molecule has 0 spiro atoms. The van der Waals surface area contributed by atoms with Crippen LogP contribution in [0, 0.1) is 5.41 Å². The van der Waals surface area contributed by atoms with Gasteiger partial charge in [0.2, 0.25) is 17.7 Å². The number of pyridine rings is 1. The second-order valence-electron chi connectivity index (χ2n) is 11.7. The number of likely N-dealkylation sites (tertiary alicyclic amines) is 1. The van der Waals surface area contributed by atoms with Gasteiger partial charge in [-0.25, -0.2) is 4.98 Å². The fourth-order valence-corrected chi connectivity index (χ4v) is 6.63. The van der Waals surface area contributed by atoms with E-state index in [9.17, 15) is 19.2 Å². The van der Waals surface area contributed by atoms with Crippen LogP contribution < -0.4 is 10.2 Å². The number of hydrogen-bond acceptors (Lipinski definition) is 6. The van der Waals surface area contributed by atoms with Gasteiger partial charge in [0.25, 0.3) is 5.91 Å². The van der Waals surface area contributed by atoms with E-state index < -0.39 is 23.7 Å². The largest absolute Gasteiger partial charge is 0.342 e. The normalized spacial score (nSPS) is 24.7. The highest BCUT2D eigenvalue weighted by molar-refractivity contribution is 6.26. The molecule has 2 aromatic heterocycles. The molecule has 0 bridgehead atoms. The summed E-state index contributed by atoms with van der Waals surface area (Å²) < 4.78 is 10.9. The molecule has 0 unspecified atom stereocenters. The zero-order valence-electron chi connectivity index (χ0n) is 23.5. The quantitative estimate of drug-likeness (QED) is 0.496. The van der Waals surface area contributed by atoms with Crippen molar-refractivity contribution in [1.82, 2.24) is 25.0 Å². The van der Waals surface area contributed by atoms with E-state index in [1.807, 2.05) is 21.8 Å². The lowest BCUT2D eigenvalue weighted by molar-refractivity contribution is -0.147. The fourth-order valence-electron chi connectivity index (χ4n) is 6.63. The molecule has 1 atom stereocenters. The van der Waals surface area contributed by atoms with Crippen molar-refractivity contribution in [1.29, 1.82) is 0 Å². The minimum atomic E-state index is -1.94. The molecular formula is C30H32N6O4. The molecule has 1 N–H and O–H groups in total. The van der Waals surface area contributed by atoms with Gasteiger partial charge in [-0.2, -0.15) is 5.10 Å². The standard InChI is InChI=1S/C30H32N6O4/c1-30(10-3-11-30)29(40)34-12-8-20(9-13-34)35-17-18(15-32-35)14-19-16-31-26-25-21(19)4-2-5-22(25)28(39)36(26)23-6-7-24(37)33-27(23)38/h2,4-5,15-17,20,23H,3,6-14H2,1H3,(H,33,37,38)/t23-/m1/s1/i23D. The van der Waals surface area contributed by atoms with E-state index in [1.165, 1.54) is 0 Å². The van der Waals surface area contributed by atoms with E-state index in [-0.39, 0.29) is 30.1 Å². The first-order chi connectivity index (χ1) is 19.7. The Hall–Kier alpha value is -4.08. The lowest BCUT2D eigenvalue weighted by Gasteiger charge is -2.43. The molecule has 4 amide bonds. The molecule has 3 fully saturated rings. The van der Waals surface area contributed by atoms with Gasteiger partial charge in [-0.05, 0) is 54.7 Å². The number of carbonyl (C=O) groups excluding carboxylic acids is 4. The van der Waals surface area contributed by atoms with Crippen molar-refractivity contribution in [3.05, 3.63) is 53.5 Å². The number of piperidine rings is 2. The molecule has 5 heterocycles. The number of imide groups is 1. The second kappa shape index (κ2) is 9.25. The minimum Gasteiger partial charge on any atom is -0.342 e. The Labute approximate surface area is 233 Å². The Morgan fingerprint density at radius 3 is 2.67 bits per heavy atom. The minimum absolute atomic E-state index is 0.0186. The van der Waals surface area contributed by atoms with Gasteiger partial charge < -0.3 is 4.90 Å². The molecule has 40 heavy (non-hydrogen) atoms. The highest BCUT2D eigenvalue weighted by Crippen LogP contribution is 2.43. The summed E-state index contributed by atoms with van der Waals surface area (Å²) in [7, 11) is 0. The van der Waals surface area contributed by atoms with Crippen molar-refractivity contribution >= 4 is 40.2 Å². The third-order valence-corrected chi connectivity index (χ3v) is 9.14. The maximum atomic E-state index is 13.5. The molecule has 2 saturated heterocycles. The van der Waals surface area contributed by atoms with E-state index >= 15 is 0 Å². The van der Waals surface area contributed by atoms with Gasteiger partial charge in [0, 0.05) is 49.1 Å². The van der Waals surface area contributed by atoms with Gasteiger partial charge >= 0.3 is 0 Å². The SMILES string of the molecule is [2H][C@@]1(N2C(=O)c3cccc4c(Cc5cnn(C6CCN(C(=O)C7(C)CCC7)CC6)c5)cnc2c34)CCC(=O)NC1=O. The molecule has 3 aliphatic heterocycles. The molecule has 4 aliphatic rings. The topological polar surface area (TPSA) is 118 Å². The zero-order chi connectivity index (χ0) is 28.5. The number of anilines is 1. The predicted molar refractivity (Wildman–Crippen MR) is 147 cm³/mol. The summed E-state index contributed by atoms with van der Waals surface area (Å²) in [6.07, 6.45) is 10.9. The molecule has 1 aliphatic carbocycles. The molecular weight excluding hydrogens is 508 g/mol. The molecule has 1 saturated carbocycles. The van der Waals surface area contributed by atoms with Gasteiger partial charge in [-0.15, -0.1) is 0 Å². The van der Waals surface area contributed by atoms with Crippen molar-refractivity contribution in [2.24, 2.45) is 5.41 Å². The van der Waals surface area contributed by atoms with Crippen molar-refractivity contribution in [3.8, 4) is 0 Å². The monoisotopic (exact) mass is 541 g/mol. The molecule has 206 valence electrons. The summed E-state index contributed by atoms with van der Waals surface area (Å²) in [6.45, 7) is 3.59. The average Bonchev–Trinajstić information content (AvgIpc) is 3.54. The summed E-state index contributed by atoms with van der Waals surface area (Å²) >= 11 is 0. The van der Waals surface area contributed by atoms with E-state index in [0.29, 0.717) is 23.3 Å². The van der Waals surface area contributed by atoms with Crippen molar-refractivity contribution in [3.63, 3.8) is 0 Å². The number of carbonyl (C=O) groups is 4. The number of hydrogen-bond donors (Lipinski definition) is 1. The van der Waals surface area contributed by atoms with Gasteiger partial charge in [0.1, 0.15) is 11.8 Å². The van der Waals surface area contributed by atoms with Crippen molar-refractivity contribution in [2.75, 3.05) is 18.0 Å². The van der Waals surface area contributed by atoms with Crippen LogP contribution in [0.15, 0.2) is 36.8 Å². The number of nitrogens with zero attached hydrogens (tertiary/aromatic N) is 5. The van der Waals surface area contributed by atoms with Crippen LogP contribution in [0.25, 0.3) is 10.8 Å². The van der Waals surface area contributed by atoms with Gasteiger partial charge in [-0.3, -0.25) is 34.1 Å². The molecule has 1 aromatic carbocycles. The number of rotatable bonds is 5. The number of benzene rings is 1. The van der Waals surface area contributed by atoms with Crippen LogP contribution >= 0.6 is 0 Å². The summed E-state index contributed by atoms with van der Waals surface area (Å²) in [5.41, 5.74) is 2.16. The first-order valence-corrected chi connectivity index (χ1v) is 14.1. The Morgan fingerprint density at radius 1 is 1.15 bits per heavy atom. The maximum absolute atomic E-state index is 13.5. The van der Waals surface area contributed by atoms with Crippen LogP contribution in [0.1, 0.15) is 80.8 Å². The Bertz CT molecular complexity index is 1620. The van der Waals surface area contributed by atoms with Gasteiger partial charge in [0.05, 0.1) is 19.2 Å². The van der Waals surface area contributed by atoms with Crippen LogP contribution in [0.5, 0.6) is 0 Å². The third kappa shape index (κ3) is 3.91. The first kappa shape index (κ1) is 23.8. The van der Waals surface area contributed by atoms with E-state index in [1.54, 1.807) is 18.3 Å². The smallest absolute Gasteiger partial charge is 0.260 e. The van der Waals surface area contributed by atoms with Crippen LogP contribution in [0.4, 0.5) is 5.82 Å². The Morgan fingerprint density at radius 2 is 1.95 bits per heavy atom. The average molecular weight is 542 g/mol. The highest BCUT2D eigenvalue weighted by Gasteiger charge is 2.43. The zero-order valence-corrected chi connectivity index (χ0v) is 22.5. The lowest BCUT2D eigenvalue weighted by Crippen LogP contribution is -2.53. The van der Waals surface area contributed by atoms with Crippen LogP contribution in [-0.2, 0) is 20.8 Å². The summed E-state index contributed by atoms with van der Waals surface area (Å²) in [4.78, 5) is 58.6. The number of amides is 4. The second-order valence-corrected chi connectivity index (χ2v) is 11.7. The predicted octanol–water partition coefficient (Wildman–Crippen LogP) is 3.14. The third-order valence-electron chi connectivity index (χ3n) is 9.14. The van der Waals surface area contributed by atoms with E-state index in [0.717, 1.165) is 66.6 Å². The van der Waals surface area contributed by atoms with Gasteiger partial charge in [0.15, 0.2) is 0 Å². The Balaban J connectivity index is 1.11. The number of aromatic nitrogens is 3. The van der Waals surface area contributed by atoms with Crippen molar-refractivity contribution in [2.45, 2.75) is 70.4 Å². The highest BCUT2D eigenvalue weighted by atomic mass is 16.2. The summed E-state index contributed by atoms with van der Waals surface area (Å²) in [6, 6.07) is 3.71.